The fourth-order valence-electron chi connectivity index (χ4n) is 0.430. The molecule has 0 saturated carbocycles. The Bertz CT molecular complexity index is 266. The topological polar surface area (TPSA) is 42.9 Å². The summed E-state index contributed by atoms with van der Waals surface area (Å²) in [5.74, 6) is 0. The highest BCUT2D eigenvalue weighted by molar-refractivity contribution is 14.1. The summed E-state index contributed by atoms with van der Waals surface area (Å²) in [7, 11) is 0. The van der Waals surface area contributed by atoms with Gasteiger partial charge in [0.15, 0.2) is 6.29 Å². The van der Waals surface area contributed by atoms with Crippen LogP contribution in [-0.4, -0.2) is 16.3 Å². The molecule has 0 atom stereocenters. The average Bonchev–Trinajstić information content (AvgIpc) is 1.88. The average molecular weight is 268 g/mol. The van der Waals surface area contributed by atoms with Crippen molar-refractivity contribution in [3.8, 4) is 0 Å². The largest absolute Gasteiger partial charge is 0.298 e. The lowest BCUT2D eigenvalue weighted by Crippen LogP contribution is -1.92. The third-order valence-corrected chi connectivity index (χ3v) is 1.91. The standard InChI is InChI=1S/C5H2ClIN2O/c6-5-8-1-3(2-10)4(7)9-5/h1-2H. The quantitative estimate of drug-likeness (QED) is 0.336. The first kappa shape index (κ1) is 7.87. The molecule has 1 aromatic heterocycles. The monoisotopic (exact) mass is 268 g/mol. The molecule has 1 heterocycles. The van der Waals surface area contributed by atoms with E-state index >= 15 is 0 Å². The first-order valence-corrected chi connectivity index (χ1v) is 3.83. The molecule has 0 N–H and O–H groups in total. The summed E-state index contributed by atoms with van der Waals surface area (Å²) >= 11 is 7.35. The zero-order valence-corrected chi connectivity index (χ0v) is 7.63. The number of hydrogen-bond acceptors (Lipinski definition) is 3. The zero-order valence-electron chi connectivity index (χ0n) is 4.71. The summed E-state index contributed by atoms with van der Waals surface area (Å²) in [6, 6.07) is 0. The fraction of sp³-hybridized carbons (Fsp3) is 0. The predicted octanol–water partition coefficient (Wildman–Crippen LogP) is 1.55. The minimum Gasteiger partial charge on any atom is -0.298 e. The minimum atomic E-state index is 0.162. The summed E-state index contributed by atoms with van der Waals surface area (Å²) in [6.07, 6.45) is 2.09. The first-order chi connectivity index (χ1) is 4.74. The van der Waals surface area contributed by atoms with Gasteiger partial charge in [0.05, 0.1) is 5.56 Å². The maximum absolute atomic E-state index is 10.2. The molecule has 10 heavy (non-hydrogen) atoms. The number of carbonyl (C=O) groups is 1. The van der Waals surface area contributed by atoms with E-state index in [0.29, 0.717) is 15.6 Å². The van der Waals surface area contributed by atoms with Gasteiger partial charge in [-0.15, -0.1) is 0 Å². The van der Waals surface area contributed by atoms with Crippen molar-refractivity contribution in [3.63, 3.8) is 0 Å². The number of nitrogens with zero attached hydrogens (tertiary/aromatic N) is 2. The van der Waals surface area contributed by atoms with Crippen LogP contribution in [-0.2, 0) is 0 Å². The molecule has 0 aliphatic carbocycles. The molecular formula is C5H2ClIN2O. The molecular weight excluding hydrogens is 266 g/mol. The molecule has 0 bridgehead atoms. The molecule has 0 fully saturated rings. The Labute approximate surface area is 76.0 Å². The molecule has 0 spiro atoms. The summed E-state index contributed by atoms with van der Waals surface area (Å²) in [5.41, 5.74) is 0.463. The lowest BCUT2D eigenvalue weighted by atomic mass is 10.4. The van der Waals surface area contributed by atoms with E-state index in [0.717, 1.165) is 0 Å². The van der Waals surface area contributed by atoms with Gasteiger partial charge in [-0.2, -0.15) is 0 Å². The molecule has 1 rings (SSSR count). The molecule has 0 saturated heterocycles. The van der Waals surface area contributed by atoms with Crippen LogP contribution in [0.15, 0.2) is 6.20 Å². The van der Waals surface area contributed by atoms with Gasteiger partial charge in [0, 0.05) is 6.20 Å². The van der Waals surface area contributed by atoms with E-state index < -0.39 is 0 Å². The van der Waals surface area contributed by atoms with Crippen LogP contribution in [0.25, 0.3) is 0 Å². The third kappa shape index (κ3) is 1.63. The highest BCUT2D eigenvalue weighted by atomic mass is 127. The van der Waals surface area contributed by atoms with Gasteiger partial charge < -0.3 is 0 Å². The van der Waals surface area contributed by atoms with Gasteiger partial charge in [-0.25, -0.2) is 9.97 Å². The van der Waals surface area contributed by atoms with Gasteiger partial charge in [0.25, 0.3) is 0 Å². The van der Waals surface area contributed by atoms with Crippen LogP contribution in [0.3, 0.4) is 0 Å². The predicted molar refractivity (Wildman–Crippen MR) is 45.1 cm³/mol. The normalized spacial score (nSPS) is 9.40. The van der Waals surface area contributed by atoms with Crippen LogP contribution >= 0.6 is 34.2 Å². The highest BCUT2D eigenvalue weighted by Gasteiger charge is 1.99. The lowest BCUT2D eigenvalue weighted by molar-refractivity contribution is 0.112. The third-order valence-electron chi connectivity index (χ3n) is 0.866. The van der Waals surface area contributed by atoms with Crippen molar-refractivity contribution in [2.45, 2.75) is 0 Å². The zero-order chi connectivity index (χ0) is 7.56. The maximum Gasteiger partial charge on any atom is 0.223 e. The minimum absolute atomic E-state index is 0.162. The van der Waals surface area contributed by atoms with Crippen molar-refractivity contribution in [2.24, 2.45) is 0 Å². The Morgan fingerprint density at radius 2 is 2.40 bits per heavy atom. The number of rotatable bonds is 1. The van der Waals surface area contributed by atoms with Gasteiger partial charge in [-0.3, -0.25) is 4.79 Å². The Morgan fingerprint density at radius 1 is 1.70 bits per heavy atom. The number of carbonyl (C=O) groups excluding carboxylic acids is 1. The molecule has 52 valence electrons. The Kier molecular flexibility index (Phi) is 2.56. The maximum atomic E-state index is 10.2. The highest BCUT2D eigenvalue weighted by Crippen LogP contribution is 2.08. The van der Waals surface area contributed by atoms with Crippen molar-refractivity contribution in [3.05, 3.63) is 20.7 Å². The smallest absolute Gasteiger partial charge is 0.223 e. The molecule has 1 aromatic rings. The molecule has 3 nitrogen and oxygen atoms in total. The van der Waals surface area contributed by atoms with Crippen molar-refractivity contribution < 1.29 is 4.79 Å². The summed E-state index contributed by atoms with van der Waals surface area (Å²) < 4.78 is 0.576. The number of hydrogen-bond donors (Lipinski definition) is 0. The second-order valence-electron chi connectivity index (χ2n) is 1.50. The molecule has 0 unspecified atom stereocenters. The SMILES string of the molecule is O=Cc1cnc(Cl)nc1I. The number of aldehydes is 1. The van der Waals surface area contributed by atoms with E-state index in [1.165, 1.54) is 6.20 Å². The molecule has 5 heteroatoms. The van der Waals surface area contributed by atoms with Gasteiger partial charge >= 0.3 is 0 Å². The molecule has 0 aromatic carbocycles. The lowest BCUT2D eigenvalue weighted by Gasteiger charge is -1.92. The molecule has 0 amide bonds. The van der Waals surface area contributed by atoms with Crippen molar-refractivity contribution >= 4 is 40.5 Å². The van der Waals surface area contributed by atoms with Crippen molar-refractivity contribution in [1.82, 2.24) is 9.97 Å². The fourth-order valence-corrected chi connectivity index (χ4v) is 1.20. The summed E-state index contributed by atoms with van der Waals surface area (Å²) in [4.78, 5) is 17.6. The van der Waals surface area contributed by atoms with Crippen LogP contribution < -0.4 is 0 Å². The van der Waals surface area contributed by atoms with Crippen LogP contribution in [0.2, 0.25) is 5.28 Å². The molecule has 0 aliphatic rings. The van der Waals surface area contributed by atoms with Crippen molar-refractivity contribution in [1.29, 1.82) is 0 Å². The van der Waals surface area contributed by atoms with Crippen LogP contribution in [0.5, 0.6) is 0 Å². The molecule has 0 radical (unpaired) electrons. The van der Waals surface area contributed by atoms with E-state index in [-0.39, 0.29) is 5.28 Å². The van der Waals surface area contributed by atoms with Crippen LogP contribution in [0.1, 0.15) is 10.4 Å². The van der Waals surface area contributed by atoms with E-state index in [4.69, 9.17) is 11.6 Å². The second-order valence-corrected chi connectivity index (χ2v) is 2.86. The Balaban J connectivity index is 3.19. The van der Waals surface area contributed by atoms with E-state index in [1.807, 2.05) is 22.6 Å². The number of aromatic nitrogens is 2. The van der Waals surface area contributed by atoms with Crippen LogP contribution in [0, 0.1) is 3.70 Å². The van der Waals surface area contributed by atoms with E-state index in [1.54, 1.807) is 0 Å². The van der Waals surface area contributed by atoms with Gasteiger partial charge in [0.2, 0.25) is 5.28 Å². The summed E-state index contributed by atoms with van der Waals surface area (Å²) in [6.45, 7) is 0. The van der Waals surface area contributed by atoms with E-state index in [2.05, 4.69) is 9.97 Å². The van der Waals surface area contributed by atoms with Gasteiger partial charge in [0.1, 0.15) is 3.70 Å². The molecule has 0 aliphatic heterocycles. The number of halogens is 2. The second kappa shape index (κ2) is 3.25. The summed E-state index contributed by atoms with van der Waals surface area (Å²) in [5, 5.41) is 0.162. The van der Waals surface area contributed by atoms with Gasteiger partial charge in [-0.05, 0) is 34.2 Å². The van der Waals surface area contributed by atoms with Gasteiger partial charge in [-0.1, -0.05) is 0 Å². The van der Waals surface area contributed by atoms with E-state index in [9.17, 15) is 4.79 Å². The van der Waals surface area contributed by atoms with Crippen LogP contribution in [0.4, 0.5) is 0 Å². The Morgan fingerprint density at radius 3 is 2.90 bits per heavy atom. The first-order valence-electron chi connectivity index (χ1n) is 2.37. The van der Waals surface area contributed by atoms with Crippen molar-refractivity contribution in [2.75, 3.05) is 0 Å². The Hall–Kier alpha value is -0.230.